The van der Waals surface area contributed by atoms with Crippen molar-refractivity contribution in [3.05, 3.63) is 0 Å². The summed E-state index contributed by atoms with van der Waals surface area (Å²) in [5.41, 5.74) is 0. The minimum atomic E-state index is -0.735. The maximum Gasteiger partial charge on any atom is 0.407 e. The summed E-state index contributed by atoms with van der Waals surface area (Å²) in [5, 5.41) is 11.4. The first-order valence-electron chi connectivity index (χ1n) is 4.70. The molecule has 1 amide bonds. The third-order valence-electron chi connectivity index (χ3n) is 2.58. The van der Waals surface area contributed by atoms with E-state index in [2.05, 4.69) is 10.1 Å². The van der Waals surface area contributed by atoms with E-state index in [0.29, 0.717) is 25.7 Å². The predicted octanol–water partition coefficient (Wildman–Crippen LogP) is 0.986. The van der Waals surface area contributed by atoms with E-state index in [9.17, 15) is 9.59 Å². The number of alkyl carbamates (subject to hydrolysis) is 1. The molecule has 1 rings (SSSR count). The van der Waals surface area contributed by atoms with Crippen molar-refractivity contribution >= 4 is 12.1 Å². The number of nitrogens with one attached hydrogen (secondary N) is 1. The lowest BCUT2D eigenvalue weighted by molar-refractivity contribution is -0.142. The number of amides is 1. The molecular weight excluding hydrogens is 186 g/mol. The van der Waals surface area contributed by atoms with Crippen LogP contribution in [0.2, 0.25) is 0 Å². The number of rotatable bonds is 2. The molecule has 0 aromatic heterocycles. The first kappa shape index (κ1) is 10.8. The summed E-state index contributed by atoms with van der Waals surface area (Å²) in [4.78, 5) is 21.5. The van der Waals surface area contributed by atoms with E-state index in [-0.39, 0.29) is 12.0 Å². The summed E-state index contributed by atoms with van der Waals surface area (Å²) in [6, 6.07) is 0.0676. The van der Waals surface area contributed by atoms with Crippen LogP contribution in [0.4, 0.5) is 4.79 Å². The second-order valence-electron chi connectivity index (χ2n) is 3.52. The molecule has 0 radical (unpaired) electrons. The summed E-state index contributed by atoms with van der Waals surface area (Å²) in [5.74, 6) is -0.979. The van der Waals surface area contributed by atoms with Gasteiger partial charge in [-0.25, -0.2) is 4.79 Å². The minimum Gasteiger partial charge on any atom is -0.481 e. The molecule has 0 aliphatic heterocycles. The van der Waals surface area contributed by atoms with Gasteiger partial charge in [-0.05, 0) is 25.7 Å². The second kappa shape index (κ2) is 4.83. The van der Waals surface area contributed by atoms with Crippen molar-refractivity contribution in [3.8, 4) is 0 Å². The van der Waals surface area contributed by atoms with Gasteiger partial charge in [-0.3, -0.25) is 4.79 Å². The maximum atomic E-state index is 10.8. The molecule has 1 aliphatic rings. The smallest absolute Gasteiger partial charge is 0.407 e. The molecule has 0 atom stereocenters. The van der Waals surface area contributed by atoms with E-state index >= 15 is 0 Å². The first-order valence-corrected chi connectivity index (χ1v) is 4.70. The van der Waals surface area contributed by atoms with Crippen LogP contribution in [0.1, 0.15) is 25.7 Å². The van der Waals surface area contributed by atoms with E-state index in [1.807, 2.05) is 0 Å². The van der Waals surface area contributed by atoms with E-state index in [1.54, 1.807) is 0 Å². The van der Waals surface area contributed by atoms with Gasteiger partial charge in [0, 0.05) is 6.04 Å². The molecule has 0 heterocycles. The highest BCUT2D eigenvalue weighted by atomic mass is 16.5. The number of ether oxygens (including phenoxy) is 1. The highest BCUT2D eigenvalue weighted by Crippen LogP contribution is 2.24. The quantitative estimate of drug-likeness (QED) is 0.698. The van der Waals surface area contributed by atoms with Crippen molar-refractivity contribution in [3.63, 3.8) is 0 Å². The summed E-state index contributed by atoms with van der Waals surface area (Å²) >= 11 is 0. The van der Waals surface area contributed by atoms with Crippen molar-refractivity contribution in [2.24, 2.45) is 5.92 Å². The van der Waals surface area contributed by atoms with Gasteiger partial charge in [-0.1, -0.05) is 0 Å². The van der Waals surface area contributed by atoms with Gasteiger partial charge < -0.3 is 15.2 Å². The fraction of sp³-hybridized carbons (Fsp3) is 0.778. The number of carboxylic acid groups (broad SMARTS) is 1. The Morgan fingerprint density at radius 2 is 1.86 bits per heavy atom. The molecule has 1 saturated carbocycles. The highest BCUT2D eigenvalue weighted by Gasteiger charge is 2.26. The lowest BCUT2D eigenvalue weighted by atomic mass is 9.86. The molecule has 14 heavy (non-hydrogen) atoms. The SMILES string of the molecule is COC(=O)N[C@H]1CC[C@H](C(=O)O)CC1. The number of methoxy groups -OCH3 is 1. The van der Waals surface area contributed by atoms with E-state index in [0.717, 1.165) is 0 Å². The van der Waals surface area contributed by atoms with Crippen molar-refractivity contribution < 1.29 is 19.4 Å². The lowest BCUT2D eigenvalue weighted by Crippen LogP contribution is -2.38. The Morgan fingerprint density at radius 3 is 2.29 bits per heavy atom. The fourth-order valence-corrected chi connectivity index (χ4v) is 1.71. The monoisotopic (exact) mass is 201 g/mol. The predicted molar refractivity (Wildman–Crippen MR) is 48.9 cm³/mol. The van der Waals surface area contributed by atoms with Crippen LogP contribution in [0.5, 0.6) is 0 Å². The number of aliphatic carboxylic acids is 1. The Kier molecular flexibility index (Phi) is 3.73. The molecule has 5 heteroatoms. The zero-order chi connectivity index (χ0) is 10.6. The Hall–Kier alpha value is -1.26. The molecule has 0 spiro atoms. The van der Waals surface area contributed by atoms with E-state index < -0.39 is 12.1 Å². The molecule has 0 saturated heterocycles. The lowest BCUT2D eigenvalue weighted by Gasteiger charge is -2.26. The zero-order valence-electron chi connectivity index (χ0n) is 8.16. The van der Waals surface area contributed by atoms with E-state index in [4.69, 9.17) is 5.11 Å². The van der Waals surface area contributed by atoms with Gasteiger partial charge >= 0.3 is 12.1 Å². The number of hydrogen-bond acceptors (Lipinski definition) is 3. The van der Waals surface area contributed by atoms with Crippen LogP contribution >= 0.6 is 0 Å². The van der Waals surface area contributed by atoms with Gasteiger partial charge in [0.15, 0.2) is 0 Å². The van der Waals surface area contributed by atoms with Crippen LogP contribution in [-0.2, 0) is 9.53 Å². The molecule has 0 bridgehead atoms. The van der Waals surface area contributed by atoms with Gasteiger partial charge in [-0.15, -0.1) is 0 Å². The Labute approximate surface area is 82.4 Å². The molecule has 2 N–H and O–H groups in total. The Bertz CT molecular complexity index is 221. The third kappa shape index (κ3) is 2.90. The average molecular weight is 201 g/mol. The summed E-state index contributed by atoms with van der Waals surface area (Å²) in [7, 11) is 1.32. The Morgan fingerprint density at radius 1 is 1.29 bits per heavy atom. The number of carboxylic acids is 1. The topological polar surface area (TPSA) is 75.6 Å². The van der Waals surface area contributed by atoms with Crippen molar-refractivity contribution in [1.29, 1.82) is 0 Å². The average Bonchev–Trinajstić information content (AvgIpc) is 2.18. The van der Waals surface area contributed by atoms with E-state index in [1.165, 1.54) is 7.11 Å². The highest BCUT2D eigenvalue weighted by molar-refractivity contribution is 5.70. The summed E-state index contributed by atoms with van der Waals surface area (Å²) < 4.78 is 4.46. The number of carbonyl (C=O) groups excluding carboxylic acids is 1. The first-order chi connectivity index (χ1) is 6.63. The van der Waals surface area contributed by atoms with Crippen LogP contribution in [0.3, 0.4) is 0 Å². The second-order valence-corrected chi connectivity index (χ2v) is 3.52. The standard InChI is InChI=1S/C9H15NO4/c1-14-9(13)10-7-4-2-6(3-5-7)8(11)12/h6-7H,2-5H2,1H3,(H,10,13)(H,11,12)/t6-,7-. The third-order valence-corrected chi connectivity index (χ3v) is 2.58. The summed E-state index contributed by atoms with van der Waals surface area (Å²) in [6.45, 7) is 0. The van der Waals surface area contributed by atoms with Crippen LogP contribution in [-0.4, -0.2) is 30.3 Å². The van der Waals surface area contributed by atoms with Crippen molar-refractivity contribution in [2.75, 3.05) is 7.11 Å². The largest absolute Gasteiger partial charge is 0.481 e. The Balaban J connectivity index is 2.29. The molecular formula is C9H15NO4. The van der Waals surface area contributed by atoms with Gasteiger partial charge in [-0.2, -0.15) is 0 Å². The minimum absolute atomic E-state index is 0.0676. The van der Waals surface area contributed by atoms with Gasteiger partial charge in [0.05, 0.1) is 13.0 Å². The molecule has 0 aromatic rings. The molecule has 80 valence electrons. The fourth-order valence-electron chi connectivity index (χ4n) is 1.71. The maximum absolute atomic E-state index is 10.8. The van der Waals surface area contributed by atoms with Crippen LogP contribution in [0, 0.1) is 5.92 Å². The zero-order valence-corrected chi connectivity index (χ0v) is 8.16. The van der Waals surface area contributed by atoms with Crippen LogP contribution in [0.15, 0.2) is 0 Å². The van der Waals surface area contributed by atoms with Crippen LogP contribution in [0.25, 0.3) is 0 Å². The normalized spacial score (nSPS) is 26.6. The van der Waals surface area contributed by atoms with Gasteiger partial charge in [0.2, 0.25) is 0 Å². The molecule has 5 nitrogen and oxygen atoms in total. The van der Waals surface area contributed by atoms with Gasteiger partial charge in [0.1, 0.15) is 0 Å². The molecule has 0 aromatic carbocycles. The molecule has 1 fully saturated rings. The van der Waals surface area contributed by atoms with Crippen molar-refractivity contribution in [1.82, 2.24) is 5.32 Å². The molecule has 0 unspecified atom stereocenters. The number of hydrogen-bond donors (Lipinski definition) is 2. The van der Waals surface area contributed by atoms with Crippen LogP contribution < -0.4 is 5.32 Å². The van der Waals surface area contributed by atoms with Gasteiger partial charge in [0.25, 0.3) is 0 Å². The summed E-state index contributed by atoms with van der Waals surface area (Å²) in [6.07, 6.45) is 2.25. The molecule has 1 aliphatic carbocycles. The van der Waals surface area contributed by atoms with Crippen molar-refractivity contribution in [2.45, 2.75) is 31.7 Å². The number of carbonyl (C=O) groups is 2.